The summed E-state index contributed by atoms with van der Waals surface area (Å²) in [5.74, 6) is -0.795. The summed E-state index contributed by atoms with van der Waals surface area (Å²) in [6, 6.07) is 7.99. The lowest BCUT2D eigenvalue weighted by Crippen LogP contribution is -2.32. The molecule has 0 bridgehead atoms. The molecule has 4 rings (SSSR count). The summed E-state index contributed by atoms with van der Waals surface area (Å²) in [6.45, 7) is 1.32. The number of aliphatic carboxylic acids is 1. The number of nitrogens with one attached hydrogen (secondary N) is 2. The monoisotopic (exact) mass is 432 g/mol. The van der Waals surface area contributed by atoms with Crippen molar-refractivity contribution in [2.24, 2.45) is 7.05 Å². The molecule has 0 saturated carbocycles. The Bertz CT molecular complexity index is 1150. The van der Waals surface area contributed by atoms with Gasteiger partial charge in [-0.2, -0.15) is 5.10 Å². The third-order valence-corrected chi connectivity index (χ3v) is 5.29. The molecule has 0 aliphatic carbocycles. The summed E-state index contributed by atoms with van der Waals surface area (Å²) in [6.07, 6.45) is 10.1. The van der Waals surface area contributed by atoms with Gasteiger partial charge in [0.15, 0.2) is 5.82 Å². The first-order valence-corrected chi connectivity index (χ1v) is 10.3. The molecule has 0 unspecified atom stereocenters. The Kier molecular flexibility index (Phi) is 6.37. The van der Waals surface area contributed by atoms with Crippen molar-refractivity contribution < 1.29 is 14.6 Å². The van der Waals surface area contributed by atoms with E-state index in [4.69, 9.17) is 10.1 Å². The van der Waals surface area contributed by atoms with E-state index in [1.165, 1.54) is 0 Å². The lowest BCUT2D eigenvalue weighted by atomic mass is 10.0. The van der Waals surface area contributed by atoms with Crippen molar-refractivity contribution in [3.8, 4) is 22.5 Å². The van der Waals surface area contributed by atoms with Gasteiger partial charge in [0.05, 0.1) is 6.20 Å². The number of nitrogens with zero attached hydrogens (tertiary/aromatic N) is 4. The number of carbonyl (C=O) groups is 1. The van der Waals surface area contributed by atoms with Crippen molar-refractivity contribution >= 4 is 17.3 Å². The van der Waals surface area contributed by atoms with Crippen molar-refractivity contribution in [3.63, 3.8) is 0 Å². The Balaban J connectivity index is 1.59. The molecule has 1 saturated heterocycles. The summed E-state index contributed by atoms with van der Waals surface area (Å²) < 4.78 is 7.09. The molecular formula is C23H24N6O3. The number of hydrogen-bond acceptors (Lipinski definition) is 7. The van der Waals surface area contributed by atoms with Crippen LogP contribution in [0.5, 0.6) is 0 Å². The summed E-state index contributed by atoms with van der Waals surface area (Å²) in [4.78, 5) is 20.3. The van der Waals surface area contributed by atoms with E-state index in [1.54, 1.807) is 29.5 Å². The average molecular weight is 432 g/mol. The Morgan fingerprint density at radius 1 is 1.19 bits per heavy atom. The first-order chi connectivity index (χ1) is 15.5. The normalized spacial score (nSPS) is 14.8. The molecule has 0 spiro atoms. The molecule has 9 nitrogen and oxygen atoms in total. The first-order valence-electron chi connectivity index (χ1n) is 10.3. The molecule has 32 heavy (non-hydrogen) atoms. The van der Waals surface area contributed by atoms with Gasteiger partial charge in [-0.05, 0) is 24.5 Å². The molecule has 3 N–H and O–H groups in total. The summed E-state index contributed by atoms with van der Waals surface area (Å²) in [5.41, 5.74) is 3.00. The average Bonchev–Trinajstić information content (AvgIpc) is 3.26. The van der Waals surface area contributed by atoms with E-state index < -0.39 is 11.7 Å². The maximum Gasteiger partial charge on any atom is 0.354 e. The van der Waals surface area contributed by atoms with Gasteiger partial charge in [-0.3, -0.25) is 10.1 Å². The van der Waals surface area contributed by atoms with Gasteiger partial charge < -0.3 is 15.2 Å². The van der Waals surface area contributed by atoms with Crippen LogP contribution in [0.2, 0.25) is 0 Å². The predicted octanol–water partition coefficient (Wildman–Crippen LogP) is 2.76. The second-order valence-electron chi connectivity index (χ2n) is 7.57. The Morgan fingerprint density at radius 2 is 1.91 bits per heavy atom. The zero-order valence-electron chi connectivity index (χ0n) is 17.7. The van der Waals surface area contributed by atoms with Crippen molar-refractivity contribution in [1.29, 1.82) is 5.41 Å². The molecule has 2 aromatic heterocycles. The minimum atomic E-state index is -1.31. The third kappa shape index (κ3) is 4.89. The molecule has 9 heteroatoms. The first kappa shape index (κ1) is 21.4. The molecular weight excluding hydrogens is 408 g/mol. The maximum absolute atomic E-state index is 11.5. The zero-order chi connectivity index (χ0) is 22.5. The molecule has 0 radical (unpaired) electrons. The van der Waals surface area contributed by atoms with Gasteiger partial charge in [0.25, 0.3) is 0 Å². The van der Waals surface area contributed by atoms with Gasteiger partial charge in [0.2, 0.25) is 0 Å². The largest absolute Gasteiger partial charge is 0.477 e. The summed E-state index contributed by atoms with van der Waals surface area (Å²) >= 11 is 0. The second kappa shape index (κ2) is 9.52. The predicted molar refractivity (Wildman–Crippen MR) is 120 cm³/mol. The van der Waals surface area contributed by atoms with Gasteiger partial charge in [-0.15, -0.1) is 0 Å². The zero-order valence-corrected chi connectivity index (χ0v) is 17.7. The molecule has 1 aromatic carbocycles. The molecule has 1 aliphatic heterocycles. The van der Waals surface area contributed by atoms with Crippen LogP contribution in [0.4, 0.5) is 0 Å². The van der Waals surface area contributed by atoms with Crippen LogP contribution in [0.3, 0.4) is 0 Å². The van der Waals surface area contributed by atoms with Crippen molar-refractivity contribution in [1.82, 2.24) is 25.1 Å². The van der Waals surface area contributed by atoms with Gasteiger partial charge in [-0.25, -0.2) is 14.8 Å². The van der Waals surface area contributed by atoms with E-state index >= 15 is 0 Å². The van der Waals surface area contributed by atoms with E-state index in [1.807, 2.05) is 37.5 Å². The lowest BCUT2D eigenvalue weighted by Gasteiger charge is -2.22. The molecule has 1 fully saturated rings. The van der Waals surface area contributed by atoms with Crippen LogP contribution in [-0.2, 0) is 16.6 Å². The minimum absolute atomic E-state index is 0.177. The number of hydrogen-bond donors (Lipinski definition) is 3. The van der Waals surface area contributed by atoms with Crippen LogP contribution in [0.1, 0.15) is 18.4 Å². The molecule has 0 amide bonds. The van der Waals surface area contributed by atoms with Gasteiger partial charge >= 0.3 is 5.97 Å². The lowest BCUT2D eigenvalue weighted by molar-refractivity contribution is -0.129. The smallest absolute Gasteiger partial charge is 0.354 e. The molecule has 3 aromatic rings. The molecule has 0 atom stereocenters. The Labute approximate surface area is 185 Å². The van der Waals surface area contributed by atoms with Crippen LogP contribution < -0.4 is 5.32 Å². The summed E-state index contributed by atoms with van der Waals surface area (Å²) in [5, 5.41) is 24.8. The fourth-order valence-corrected chi connectivity index (χ4v) is 3.50. The number of carboxylic acid groups (broad SMARTS) is 1. The minimum Gasteiger partial charge on any atom is -0.477 e. The van der Waals surface area contributed by atoms with Crippen molar-refractivity contribution in [3.05, 3.63) is 60.8 Å². The van der Waals surface area contributed by atoms with Crippen molar-refractivity contribution in [2.45, 2.75) is 18.9 Å². The third-order valence-electron chi connectivity index (χ3n) is 5.29. The highest BCUT2D eigenvalue weighted by Gasteiger charge is 2.18. The Morgan fingerprint density at radius 3 is 2.56 bits per heavy atom. The fourth-order valence-electron chi connectivity index (χ4n) is 3.50. The highest BCUT2D eigenvalue weighted by Crippen LogP contribution is 2.25. The van der Waals surface area contributed by atoms with Crippen LogP contribution >= 0.6 is 0 Å². The van der Waals surface area contributed by atoms with Crippen LogP contribution in [0, 0.1) is 5.41 Å². The van der Waals surface area contributed by atoms with Gasteiger partial charge in [0, 0.05) is 73.4 Å². The summed E-state index contributed by atoms with van der Waals surface area (Å²) in [7, 11) is 1.87. The number of aromatic nitrogens is 4. The van der Waals surface area contributed by atoms with E-state index in [0.29, 0.717) is 24.6 Å². The SMILES string of the molecule is Cn1cc(-c2cccc(-c3ncc(/C(=C/NC4CCOCC4)C(=N)C(=O)O)cn3)c2)cn1. The molecule has 3 heterocycles. The van der Waals surface area contributed by atoms with E-state index in [9.17, 15) is 9.90 Å². The number of carboxylic acids is 1. The maximum atomic E-state index is 11.5. The number of rotatable bonds is 7. The number of ether oxygens (including phenoxy) is 1. The van der Waals surface area contributed by atoms with E-state index in [2.05, 4.69) is 20.4 Å². The number of benzene rings is 1. The quantitative estimate of drug-likeness (QED) is 0.490. The van der Waals surface area contributed by atoms with Crippen LogP contribution in [-0.4, -0.2) is 55.8 Å². The van der Waals surface area contributed by atoms with Gasteiger partial charge in [-0.1, -0.05) is 18.2 Å². The highest BCUT2D eigenvalue weighted by molar-refractivity contribution is 6.52. The number of aryl methyl sites for hydroxylation is 1. The van der Waals surface area contributed by atoms with Crippen LogP contribution in [0.25, 0.3) is 28.1 Å². The van der Waals surface area contributed by atoms with Crippen LogP contribution in [0.15, 0.2) is 55.3 Å². The topological polar surface area (TPSA) is 126 Å². The highest BCUT2D eigenvalue weighted by atomic mass is 16.5. The molecule has 164 valence electrons. The van der Waals surface area contributed by atoms with Gasteiger partial charge in [0.1, 0.15) is 5.71 Å². The van der Waals surface area contributed by atoms with E-state index in [0.717, 1.165) is 29.5 Å². The second-order valence-corrected chi connectivity index (χ2v) is 7.57. The Hall–Kier alpha value is -3.85. The molecule has 1 aliphatic rings. The van der Waals surface area contributed by atoms with E-state index in [-0.39, 0.29) is 11.6 Å². The fraction of sp³-hybridized carbons (Fsp3) is 0.261. The standard InChI is InChI=1S/C23H24N6O3/c1-29-14-18(12-28-29)15-3-2-4-16(9-15)22-26-10-17(11-27-22)20(21(24)23(30)31)13-25-19-5-7-32-8-6-19/h2-4,9-14,19,24-25H,5-8H2,1H3,(H,30,31)/b20-13-,24-21?. The van der Waals surface area contributed by atoms with Crippen molar-refractivity contribution in [2.75, 3.05) is 13.2 Å².